The van der Waals surface area contributed by atoms with E-state index in [4.69, 9.17) is 0 Å². The molecule has 0 aliphatic rings. The first-order chi connectivity index (χ1) is 34.7. The van der Waals surface area contributed by atoms with Gasteiger partial charge in [-0.2, -0.15) is 0 Å². The highest BCUT2D eigenvalue weighted by molar-refractivity contribution is 7.26. The van der Waals surface area contributed by atoms with Crippen LogP contribution in [0.25, 0.3) is 136 Å². The first-order valence-corrected chi connectivity index (χ1v) is 24.9. The van der Waals surface area contributed by atoms with E-state index in [0.717, 1.165) is 5.69 Å². The van der Waals surface area contributed by atoms with Crippen molar-refractivity contribution in [1.29, 1.82) is 0 Å². The summed E-state index contributed by atoms with van der Waals surface area (Å²) >= 11 is 1.89. The first-order valence-electron chi connectivity index (χ1n) is 24.1. The normalized spacial score (nSPS) is 11.7. The molecule has 0 N–H and O–H groups in total. The van der Waals surface area contributed by atoms with Gasteiger partial charge in [0.2, 0.25) is 0 Å². The minimum atomic E-state index is 1.13. The van der Waals surface area contributed by atoms with Crippen LogP contribution in [0.5, 0.6) is 0 Å². The Kier molecular flexibility index (Phi) is 9.46. The van der Waals surface area contributed by atoms with E-state index in [9.17, 15) is 0 Å². The number of aromatic nitrogens is 1. The van der Waals surface area contributed by atoms with Crippen LogP contribution >= 0.6 is 11.3 Å². The predicted molar refractivity (Wildman–Crippen MR) is 301 cm³/mol. The fraction of sp³-hybridized carbons (Fsp3) is 0. The summed E-state index contributed by atoms with van der Waals surface area (Å²) in [5.74, 6) is 0. The summed E-state index contributed by atoms with van der Waals surface area (Å²) in [5, 5.41) is 10.1. The van der Waals surface area contributed by atoms with Gasteiger partial charge in [0, 0.05) is 42.2 Å². The molecule has 0 atom stereocenters. The van der Waals surface area contributed by atoms with E-state index in [1.165, 1.54) is 130 Å². The molecule has 1 nitrogen and oxygen atoms in total. The van der Waals surface area contributed by atoms with Crippen LogP contribution in [0.4, 0.5) is 0 Å². The molecule has 0 aliphatic carbocycles. The molecule has 14 rings (SSSR count). The van der Waals surface area contributed by atoms with Gasteiger partial charge in [-0.3, -0.25) is 0 Å². The van der Waals surface area contributed by atoms with E-state index in [1.807, 2.05) is 11.3 Å². The summed E-state index contributed by atoms with van der Waals surface area (Å²) in [4.78, 5) is 0. The number of thiophene rings is 1. The lowest BCUT2D eigenvalue weighted by Crippen LogP contribution is -1.95. The average Bonchev–Trinajstić information content (AvgIpc) is 3.98. The molecule has 326 valence electrons. The maximum atomic E-state index is 2.48. The van der Waals surface area contributed by atoms with Crippen LogP contribution in [0.15, 0.2) is 261 Å². The van der Waals surface area contributed by atoms with Crippen LogP contribution in [-0.2, 0) is 0 Å². The van der Waals surface area contributed by atoms with Crippen molar-refractivity contribution in [1.82, 2.24) is 4.57 Å². The van der Waals surface area contributed by atoms with Crippen LogP contribution in [0.1, 0.15) is 0 Å². The van der Waals surface area contributed by atoms with Crippen LogP contribution in [0, 0.1) is 0 Å². The van der Waals surface area contributed by atoms with Crippen molar-refractivity contribution >= 4 is 74.9 Å². The number of hydrogen-bond acceptors (Lipinski definition) is 1. The Labute approximate surface area is 410 Å². The smallest absolute Gasteiger partial charge is 0.0547 e. The summed E-state index contributed by atoms with van der Waals surface area (Å²) < 4.78 is 5.07. The summed E-state index contributed by atoms with van der Waals surface area (Å²) in [6.07, 6.45) is 0. The molecule has 2 heteroatoms. The van der Waals surface area contributed by atoms with Gasteiger partial charge in [0.15, 0.2) is 0 Å². The van der Waals surface area contributed by atoms with E-state index in [-0.39, 0.29) is 0 Å². The van der Waals surface area contributed by atoms with Crippen LogP contribution < -0.4 is 0 Å². The minimum Gasteiger partial charge on any atom is -0.309 e. The average molecular weight is 906 g/mol. The Hall–Kier alpha value is -8.82. The van der Waals surface area contributed by atoms with E-state index >= 15 is 0 Å². The summed E-state index contributed by atoms with van der Waals surface area (Å²) in [5.41, 5.74) is 18.2. The van der Waals surface area contributed by atoms with E-state index < -0.39 is 0 Å². The number of hydrogen-bond donors (Lipinski definition) is 0. The molecule has 0 bridgehead atoms. The number of benzene rings is 12. The molecule has 0 saturated carbocycles. The van der Waals surface area contributed by atoms with Gasteiger partial charge in [-0.1, -0.05) is 206 Å². The van der Waals surface area contributed by atoms with Crippen molar-refractivity contribution in [3.8, 4) is 72.4 Å². The first kappa shape index (κ1) is 40.3. The Morgan fingerprint density at radius 3 is 1.41 bits per heavy atom. The lowest BCUT2D eigenvalue weighted by atomic mass is 9.85. The molecule has 0 unspecified atom stereocenters. The van der Waals surface area contributed by atoms with Crippen LogP contribution in [0.2, 0.25) is 0 Å². The minimum absolute atomic E-state index is 1.13. The number of para-hydroxylation sites is 1. The van der Waals surface area contributed by atoms with Crippen molar-refractivity contribution in [2.24, 2.45) is 0 Å². The van der Waals surface area contributed by atoms with Crippen LogP contribution in [-0.4, -0.2) is 4.57 Å². The largest absolute Gasteiger partial charge is 0.309 e. The van der Waals surface area contributed by atoms with Crippen LogP contribution in [0.3, 0.4) is 0 Å². The number of nitrogens with zero attached hydrogens (tertiary/aromatic N) is 1. The van der Waals surface area contributed by atoms with Crippen molar-refractivity contribution in [3.05, 3.63) is 261 Å². The third-order valence-corrected chi connectivity index (χ3v) is 15.6. The molecule has 0 fully saturated rings. The van der Waals surface area contributed by atoms with Gasteiger partial charge in [-0.05, 0) is 137 Å². The van der Waals surface area contributed by atoms with Crippen molar-refractivity contribution in [3.63, 3.8) is 0 Å². The predicted octanol–water partition coefficient (Wildman–Crippen LogP) is 19.5. The standard InChI is InChI=1S/C68H43NS/c1-5-18-44(19-6-1)49-34-37-65-60(39-49)62-42-52(45-20-7-2-8-21-45)41-59(68(62)70-65)51-33-35-55-54-28-15-16-31-63(54)69(64(55)43-51)53-27-17-26-48(38-53)50-32-36-58-61(40-50)67(47-24-11-4-12-25-47)57-30-14-13-29-56(57)66(58)46-22-9-3-10-23-46/h1-43H. The van der Waals surface area contributed by atoms with Gasteiger partial charge in [-0.25, -0.2) is 0 Å². The second kappa shape index (κ2) is 16.5. The molecule has 0 amide bonds. The molecule has 0 saturated heterocycles. The zero-order chi connectivity index (χ0) is 46.1. The maximum Gasteiger partial charge on any atom is 0.0547 e. The fourth-order valence-corrected chi connectivity index (χ4v) is 12.3. The third-order valence-electron chi connectivity index (χ3n) is 14.4. The van der Waals surface area contributed by atoms with E-state index in [1.54, 1.807) is 0 Å². The molecular weight excluding hydrogens is 863 g/mol. The Bertz CT molecular complexity index is 4320. The SMILES string of the molecule is c1ccc(-c2ccc3sc4c(-c5ccc6c7ccccc7n(-c7cccc(-c8ccc9c(-c%10ccccc%10)c%10ccccc%10c(-c%10ccccc%10)c9c8)c7)c6c5)cc(-c5ccccc5)cc4c3c2)cc1. The molecule has 0 aliphatic heterocycles. The zero-order valence-electron chi connectivity index (χ0n) is 38.2. The monoisotopic (exact) mass is 905 g/mol. The second-order valence-electron chi connectivity index (χ2n) is 18.4. The molecular formula is C68H43NS. The summed E-state index contributed by atoms with van der Waals surface area (Å²) in [6, 6.07) is 96.3. The number of fused-ring (bicyclic) bond motifs is 8. The Morgan fingerprint density at radius 1 is 0.243 bits per heavy atom. The van der Waals surface area contributed by atoms with Gasteiger partial charge in [0.05, 0.1) is 11.0 Å². The quantitative estimate of drug-likeness (QED) is 0.140. The molecule has 14 aromatic rings. The Balaban J connectivity index is 0.966. The Morgan fingerprint density at radius 2 is 0.714 bits per heavy atom. The highest BCUT2D eigenvalue weighted by atomic mass is 32.1. The van der Waals surface area contributed by atoms with Crippen molar-refractivity contribution in [2.75, 3.05) is 0 Å². The zero-order valence-corrected chi connectivity index (χ0v) is 39.0. The summed E-state index contributed by atoms with van der Waals surface area (Å²) in [7, 11) is 0. The van der Waals surface area contributed by atoms with Gasteiger partial charge < -0.3 is 4.57 Å². The second-order valence-corrected chi connectivity index (χ2v) is 19.4. The van der Waals surface area contributed by atoms with E-state index in [0.29, 0.717) is 0 Å². The maximum absolute atomic E-state index is 2.48. The van der Waals surface area contributed by atoms with Gasteiger partial charge in [-0.15, -0.1) is 11.3 Å². The van der Waals surface area contributed by atoms with E-state index in [2.05, 4.69) is 265 Å². The lowest BCUT2D eigenvalue weighted by molar-refractivity contribution is 1.18. The molecule has 2 heterocycles. The molecule has 70 heavy (non-hydrogen) atoms. The fourth-order valence-electron chi connectivity index (χ4n) is 11.1. The third kappa shape index (κ3) is 6.60. The van der Waals surface area contributed by atoms with Gasteiger partial charge in [0.25, 0.3) is 0 Å². The highest BCUT2D eigenvalue weighted by Crippen LogP contribution is 2.47. The lowest BCUT2D eigenvalue weighted by Gasteiger charge is -2.19. The molecule has 0 radical (unpaired) electrons. The summed E-state index contributed by atoms with van der Waals surface area (Å²) in [6.45, 7) is 0. The molecule has 2 aromatic heterocycles. The molecule has 0 spiro atoms. The topological polar surface area (TPSA) is 4.93 Å². The number of rotatable bonds is 7. The molecule has 12 aromatic carbocycles. The van der Waals surface area contributed by atoms with Gasteiger partial charge in [0.1, 0.15) is 0 Å². The highest BCUT2D eigenvalue weighted by Gasteiger charge is 2.20. The van der Waals surface area contributed by atoms with Gasteiger partial charge >= 0.3 is 0 Å². The van der Waals surface area contributed by atoms with Crippen molar-refractivity contribution < 1.29 is 0 Å². The van der Waals surface area contributed by atoms with Crippen molar-refractivity contribution in [2.45, 2.75) is 0 Å².